The Morgan fingerprint density at radius 2 is 2.33 bits per heavy atom. The van der Waals surface area contributed by atoms with Crippen molar-refractivity contribution in [2.45, 2.75) is 0 Å². The lowest BCUT2D eigenvalue weighted by molar-refractivity contribution is 0.102. The zero-order valence-corrected chi connectivity index (χ0v) is 8.42. The number of rotatable bonds is 2. The van der Waals surface area contributed by atoms with Crippen LogP contribution in [0.15, 0.2) is 35.3 Å². The standard InChI is InChI=1S/C10H7FN2OS/c11-9-5-12-3-1-8(9)10(14)13-7-2-4-15-6-7/h1-6H,(H,13,14). The van der Waals surface area contributed by atoms with Crippen molar-refractivity contribution in [1.29, 1.82) is 0 Å². The second-order valence-corrected chi connectivity index (χ2v) is 3.60. The number of hydrogen-bond acceptors (Lipinski definition) is 3. The normalized spacial score (nSPS) is 9.93. The Balaban J connectivity index is 2.19. The van der Waals surface area contributed by atoms with Gasteiger partial charge in [-0.1, -0.05) is 0 Å². The molecule has 0 bridgehead atoms. The number of amides is 1. The van der Waals surface area contributed by atoms with E-state index in [2.05, 4.69) is 10.3 Å². The average molecular weight is 222 g/mol. The fourth-order valence-corrected chi connectivity index (χ4v) is 1.68. The van der Waals surface area contributed by atoms with Crippen molar-refractivity contribution in [3.05, 3.63) is 46.7 Å². The molecule has 1 amide bonds. The molecular formula is C10H7FN2OS. The minimum absolute atomic E-state index is 0.00352. The van der Waals surface area contributed by atoms with Crippen LogP contribution in [0.25, 0.3) is 0 Å². The maximum atomic E-state index is 13.1. The fourth-order valence-electron chi connectivity index (χ4n) is 1.09. The molecule has 76 valence electrons. The first-order valence-corrected chi connectivity index (χ1v) is 5.15. The van der Waals surface area contributed by atoms with Gasteiger partial charge in [0.25, 0.3) is 5.91 Å². The van der Waals surface area contributed by atoms with Gasteiger partial charge in [0.15, 0.2) is 5.82 Å². The van der Waals surface area contributed by atoms with Gasteiger partial charge in [0.2, 0.25) is 0 Å². The smallest absolute Gasteiger partial charge is 0.258 e. The highest BCUT2D eigenvalue weighted by Crippen LogP contribution is 2.14. The first kappa shape index (κ1) is 9.79. The molecule has 5 heteroatoms. The highest BCUT2D eigenvalue weighted by molar-refractivity contribution is 7.08. The Kier molecular flexibility index (Phi) is 2.73. The van der Waals surface area contributed by atoms with Gasteiger partial charge in [-0.25, -0.2) is 4.39 Å². The van der Waals surface area contributed by atoms with Crippen LogP contribution in [0.4, 0.5) is 10.1 Å². The molecule has 0 saturated carbocycles. The highest BCUT2D eigenvalue weighted by Gasteiger charge is 2.11. The van der Waals surface area contributed by atoms with Gasteiger partial charge < -0.3 is 5.32 Å². The summed E-state index contributed by atoms with van der Waals surface area (Å²) in [7, 11) is 0. The lowest BCUT2D eigenvalue weighted by Crippen LogP contribution is -2.13. The summed E-state index contributed by atoms with van der Waals surface area (Å²) < 4.78 is 13.1. The predicted molar refractivity (Wildman–Crippen MR) is 56.5 cm³/mol. The molecule has 0 spiro atoms. The second-order valence-electron chi connectivity index (χ2n) is 2.82. The number of thiophene rings is 1. The van der Waals surface area contributed by atoms with Gasteiger partial charge in [0, 0.05) is 11.6 Å². The number of pyridine rings is 1. The molecule has 0 saturated heterocycles. The topological polar surface area (TPSA) is 42.0 Å². The van der Waals surface area contributed by atoms with Crippen LogP contribution in [0.5, 0.6) is 0 Å². The van der Waals surface area contributed by atoms with Crippen molar-refractivity contribution in [1.82, 2.24) is 4.98 Å². The Hall–Kier alpha value is -1.75. The third-order valence-electron chi connectivity index (χ3n) is 1.80. The van der Waals surface area contributed by atoms with Crippen LogP contribution in [-0.2, 0) is 0 Å². The zero-order chi connectivity index (χ0) is 10.7. The van der Waals surface area contributed by atoms with Gasteiger partial charge in [-0.15, -0.1) is 0 Å². The van der Waals surface area contributed by atoms with Crippen molar-refractivity contribution < 1.29 is 9.18 Å². The van der Waals surface area contributed by atoms with Crippen LogP contribution >= 0.6 is 11.3 Å². The number of anilines is 1. The molecule has 1 N–H and O–H groups in total. The first-order chi connectivity index (χ1) is 7.27. The van der Waals surface area contributed by atoms with E-state index < -0.39 is 11.7 Å². The van der Waals surface area contributed by atoms with Gasteiger partial charge in [0.05, 0.1) is 17.4 Å². The third kappa shape index (κ3) is 2.19. The molecule has 2 aromatic heterocycles. The summed E-state index contributed by atoms with van der Waals surface area (Å²) in [6.07, 6.45) is 2.40. The Morgan fingerprint density at radius 3 is 3.00 bits per heavy atom. The predicted octanol–water partition coefficient (Wildman–Crippen LogP) is 2.53. The molecule has 0 unspecified atom stereocenters. The lowest BCUT2D eigenvalue weighted by atomic mass is 10.2. The molecule has 0 radical (unpaired) electrons. The molecule has 2 rings (SSSR count). The SMILES string of the molecule is O=C(Nc1ccsc1)c1ccncc1F. The maximum Gasteiger partial charge on any atom is 0.258 e. The van der Waals surface area contributed by atoms with E-state index in [-0.39, 0.29) is 5.56 Å². The van der Waals surface area contributed by atoms with Gasteiger partial charge in [0.1, 0.15) is 0 Å². The van der Waals surface area contributed by atoms with Gasteiger partial charge >= 0.3 is 0 Å². The molecule has 0 aliphatic heterocycles. The monoisotopic (exact) mass is 222 g/mol. The Bertz CT molecular complexity index is 470. The lowest BCUT2D eigenvalue weighted by Gasteiger charge is -2.02. The van der Waals surface area contributed by atoms with Gasteiger partial charge in [-0.2, -0.15) is 11.3 Å². The number of carbonyl (C=O) groups excluding carboxylic acids is 1. The molecule has 15 heavy (non-hydrogen) atoms. The summed E-state index contributed by atoms with van der Waals surface area (Å²) in [5, 5.41) is 6.19. The minimum atomic E-state index is -0.620. The molecule has 2 heterocycles. The van der Waals surface area contributed by atoms with Crippen LogP contribution in [0.1, 0.15) is 10.4 Å². The van der Waals surface area contributed by atoms with Crippen molar-refractivity contribution in [2.75, 3.05) is 5.32 Å². The van der Waals surface area contributed by atoms with E-state index in [9.17, 15) is 9.18 Å². The number of nitrogens with zero attached hydrogens (tertiary/aromatic N) is 1. The number of halogens is 1. The summed E-state index contributed by atoms with van der Waals surface area (Å²) in [5.74, 6) is -1.08. The Labute approximate surface area is 89.6 Å². The number of nitrogens with one attached hydrogen (secondary N) is 1. The average Bonchev–Trinajstić information content (AvgIpc) is 2.71. The molecule has 0 fully saturated rings. The highest BCUT2D eigenvalue weighted by atomic mass is 32.1. The van der Waals surface area contributed by atoms with E-state index in [1.807, 2.05) is 5.38 Å². The van der Waals surface area contributed by atoms with Crippen molar-refractivity contribution in [3.63, 3.8) is 0 Å². The van der Waals surface area contributed by atoms with E-state index in [1.54, 1.807) is 11.4 Å². The molecule has 0 aromatic carbocycles. The number of hydrogen-bond donors (Lipinski definition) is 1. The molecule has 0 aliphatic rings. The van der Waals surface area contributed by atoms with E-state index in [4.69, 9.17) is 0 Å². The first-order valence-electron chi connectivity index (χ1n) is 4.20. The maximum absolute atomic E-state index is 13.1. The number of carbonyl (C=O) groups is 1. The quantitative estimate of drug-likeness (QED) is 0.848. The molecule has 3 nitrogen and oxygen atoms in total. The van der Waals surface area contributed by atoms with Crippen LogP contribution in [-0.4, -0.2) is 10.9 Å². The second kappa shape index (κ2) is 4.18. The van der Waals surface area contributed by atoms with Crippen LogP contribution in [0.2, 0.25) is 0 Å². The van der Waals surface area contributed by atoms with E-state index in [0.29, 0.717) is 5.69 Å². The van der Waals surface area contributed by atoms with Crippen LogP contribution in [0, 0.1) is 5.82 Å². The molecular weight excluding hydrogens is 215 g/mol. The summed E-state index contributed by atoms with van der Waals surface area (Å²) >= 11 is 1.46. The number of aromatic nitrogens is 1. The largest absolute Gasteiger partial charge is 0.321 e. The minimum Gasteiger partial charge on any atom is -0.321 e. The summed E-state index contributed by atoms with van der Waals surface area (Å²) in [5.41, 5.74) is 0.664. The molecule has 2 aromatic rings. The Morgan fingerprint density at radius 1 is 1.47 bits per heavy atom. The molecule has 0 aliphatic carbocycles. The zero-order valence-electron chi connectivity index (χ0n) is 7.61. The van der Waals surface area contributed by atoms with E-state index in [0.717, 1.165) is 6.20 Å². The van der Waals surface area contributed by atoms with Gasteiger partial charge in [-0.3, -0.25) is 9.78 Å². The van der Waals surface area contributed by atoms with Gasteiger partial charge in [-0.05, 0) is 17.5 Å². The van der Waals surface area contributed by atoms with Crippen molar-refractivity contribution >= 4 is 22.9 Å². The van der Waals surface area contributed by atoms with Crippen LogP contribution < -0.4 is 5.32 Å². The third-order valence-corrected chi connectivity index (χ3v) is 2.48. The summed E-state index contributed by atoms with van der Waals surface area (Å²) in [4.78, 5) is 15.1. The van der Waals surface area contributed by atoms with Crippen LogP contribution in [0.3, 0.4) is 0 Å². The van der Waals surface area contributed by atoms with Crippen molar-refractivity contribution in [3.8, 4) is 0 Å². The summed E-state index contributed by atoms with van der Waals surface area (Å²) in [6, 6.07) is 3.10. The van der Waals surface area contributed by atoms with Crippen molar-refractivity contribution in [2.24, 2.45) is 0 Å². The van der Waals surface area contributed by atoms with E-state index in [1.165, 1.54) is 23.6 Å². The van der Waals surface area contributed by atoms with E-state index >= 15 is 0 Å². The fraction of sp³-hybridized carbons (Fsp3) is 0. The summed E-state index contributed by atoms with van der Waals surface area (Å²) in [6.45, 7) is 0. The molecule has 0 atom stereocenters.